The second kappa shape index (κ2) is 8.44. The summed E-state index contributed by atoms with van der Waals surface area (Å²) in [5.41, 5.74) is -0.144. The van der Waals surface area contributed by atoms with Gasteiger partial charge in [0, 0.05) is 11.6 Å². The van der Waals surface area contributed by atoms with Gasteiger partial charge in [0.1, 0.15) is 11.3 Å². The quantitative estimate of drug-likeness (QED) is 0.541. The van der Waals surface area contributed by atoms with Crippen LogP contribution >= 0.6 is 11.6 Å². The van der Waals surface area contributed by atoms with Crippen LogP contribution in [0.1, 0.15) is 31.7 Å². The van der Waals surface area contributed by atoms with Crippen LogP contribution in [0.15, 0.2) is 54.6 Å². The van der Waals surface area contributed by atoms with Gasteiger partial charge in [-0.25, -0.2) is 4.79 Å². The topological polar surface area (TPSA) is 58.6 Å². The second-order valence-corrected chi connectivity index (χ2v) is 7.00. The third kappa shape index (κ3) is 4.08. The van der Waals surface area contributed by atoms with E-state index in [1.807, 2.05) is 37.3 Å². The molecule has 0 radical (unpaired) electrons. The van der Waals surface area contributed by atoms with E-state index in [9.17, 15) is 9.59 Å². The molecule has 1 N–H and O–H groups in total. The van der Waals surface area contributed by atoms with Crippen molar-refractivity contribution >= 4 is 23.5 Å². The second-order valence-electron chi connectivity index (χ2n) is 6.56. The Morgan fingerprint density at radius 3 is 2.44 bits per heavy atom. The number of hydrogen-bond donors (Lipinski definition) is 1. The number of urea groups is 1. The van der Waals surface area contributed by atoms with Crippen LogP contribution in [0.4, 0.5) is 4.79 Å². The molecule has 0 aliphatic carbocycles. The van der Waals surface area contributed by atoms with Crippen LogP contribution in [0.5, 0.6) is 5.75 Å². The van der Waals surface area contributed by atoms with Crippen LogP contribution in [-0.2, 0) is 10.3 Å². The van der Waals surface area contributed by atoms with Crippen molar-refractivity contribution in [1.29, 1.82) is 0 Å². The number of rotatable bonds is 8. The summed E-state index contributed by atoms with van der Waals surface area (Å²) >= 11 is 5.85. The molecule has 1 saturated heterocycles. The third-order valence-corrected chi connectivity index (χ3v) is 4.93. The molecular formula is C21H23ClN2O3. The number of amides is 3. The van der Waals surface area contributed by atoms with Crippen LogP contribution in [-0.4, -0.2) is 30.0 Å². The fraction of sp³-hybridized carbons (Fsp3) is 0.333. The van der Waals surface area contributed by atoms with Gasteiger partial charge in [0.05, 0.1) is 6.61 Å². The predicted molar refractivity (Wildman–Crippen MR) is 105 cm³/mol. The van der Waals surface area contributed by atoms with Gasteiger partial charge in [-0.1, -0.05) is 55.3 Å². The lowest BCUT2D eigenvalue weighted by atomic mass is 9.85. The fourth-order valence-electron chi connectivity index (χ4n) is 3.38. The minimum atomic E-state index is -0.968. The average molecular weight is 387 g/mol. The lowest BCUT2D eigenvalue weighted by molar-refractivity contribution is -0.132. The number of hydrogen-bond acceptors (Lipinski definition) is 3. The van der Waals surface area contributed by atoms with Crippen LogP contribution in [0.3, 0.4) is 0 Å². The molecule has 0 saturated carbocycles. The van der Waals surface area contributed by atoms with Gasteiger partial charge in [0.15, 0.2) is 0 Å². The monoisotopic (exact) mass is 386 g/mol. The van der Waals surface area contributed by atoms with Crippen molar-refractivity contribution in [3.05, 3.63) is 65.2 Å². The SMILES string of the molecule is CCC[C@]1(c2ccccc2)NC(=O)N(CCCOc2ccc(Cl)cc2)C1=O. The van der Waals surface area contributed by atoms with E-state index in [0.717, 1.165) is 12.0 Å². The number of nitrogens with one attached hydrogen (secondary N) is 1. The molecule has 27 heavy (non-hydrogen) atoms. The summed E-state index contributed by atoms with van der Waals surface area (Å²) in [4.78, 5) is 26.9. The fourth-order valence-corrected chi connectivity index (χ4v) is 3.51. The molecule has 5 nitrogen and oxygen atoms in total. The third-order valence-electron chi connectivity index (χ3n) is 4.68. The maximum absolute atomic E-state index is 13.1. The number of halogens is 1. The summed E-state index contributed by atoms with van der Waals surface area (Å²) in [5.74, 6) is 0.522. The highest BCUT2D eigenvalue weighted by molar-refractivity contribution is 6.30. The van der Waals surface area contributed by atoms with E-state index < -0.39 is 5.54 Å². The standard InChI is InChI=1S/C21H23ClN2O3/c1-2-13-21(16-7-4-3-5-8-16)19(25)24(20(26)23-21)14-6-15-27-18-11-9-17(22)10-12-18/h3-5,7-12H,2,6,13-15H2,1H3,(H,23,26)/t21-/m1/s1. The van der Waals surface area contributed by atoms with E-state index in [4.69, 9.17) is 16.3 Å². The largest absolute Gasteiger partial charge is 0.494 e. The van der Waals surface area contributed by atoms with E-state index in [2.05, 4.69) is 5.32 Å². The van der Waals surface area contributed by atoms with Crippen molar-refractivity contribution < 1.29 is 14.3 Å². The Bertz CT molecular complexity index is 795. The van der Waals surface area contributed by atoms with Crippen molar-refractivity contribution in [3.8, 4) is 5.75 Å². The molecule has 0 aromatic heterocycles. The number of nitrogens with zero attached hydrogens (tertiary/aromatic N) is 1. The molecule has 0 bridgehead atoms. The summed E-state index contributed by atoms with van der Waals surface area (Å²) in [7, 11) is 0. The molecule has 1 heterocycles. The molecule has 3 rings (SSSR count). The molecule has 1 aliphatic heterocycles. The molecule has 2 aromatic rings. The summed E-state index contributed by atoms with van der Waals surface area (Å²) in [6.07, 6.45) is 1.91. The molecular weight excluding hydrogens is 364 g/mol. The van der Waals surface area contributed by atoms with Crippen molar-refractivity contribution in [2.24, 2.45) is 0 Å². The molecule has 6 heteroatoms. The van der Waals surface area contributed by atoms with Gasteiger partial charge in [-0.15, -0.1) is 0 Å². The number of imide groups is 1. The lowest BCUT2D eigenvalue weighted by Gasteiger charge is -2.27. The minimum Gasteiger partial charge on any atom is -0.494 e. The average Bonchev–Trinajstić information content (AvgIpc) is 2.92. The van der Waals surface area contributed by atoms with Crippen LogP contribution < -0.4 is 10.1 Å². The summed E-state index contributed by atoms with van der Waals surface area (Å²) in [6.45, 7) is 2.73. The van der Waals surface area contributed by atoms with E-state index in [0.29, 0.717) is 36.8 Å². The van der Waals surface area contributed by atoms with E-state index in [1.54, 1.807) is 24.3 Å². The van der Waals surface area contributed by atoms with Gasteiger partial charge >= 0.3 is 6.03 Å². The summed E-state index contributed by atoms with van der Waals surface area (Å²) in [5, 5.41) is 3.58. The number of benzene rings is 2. The predicted octanol–water partition coefficient (Wildman–Crippen LogP) is 4.36. The maximum atomic E-state index is 13.1. The lowest BCUT2D eigenvalue weighted by Crippen LogP contribution is -2.44. The molecule has 3 amide bonds. The van der Waals surface area contributed by atoms with E-state index in [-0.39, 0.29) is 11.9 Å². The highest BCUT2D eigenvalue weighted by Crippen LogP contribution is 2.33. The molecule has 0 unspecified atom stereocenters. The highest BCUT2D eigenvalue weighted by atomic mass is 35.5. The Labute approximate surface area is 164 Å². The van der Waals surface area contributed by atoms with Crippen molar-refractivity contribution in [2.75, 3.05) is 13.2 Å². The van der Waals surface area contributed by atoms with Crippen LogP contribution in [0, 0.1) is 0 Å². The Morgan fingerprint density at radius 2 is 1.78 bits per heavy atom. The zero-order valence-corrected chi connectivity index (χ0v) is 16.0. The van der Waals surface area contributed by atoms with E-state index in [1.165, 1.54) is 4.90 Å². The first-order valence-electron chi connectivity index (χ1n) is 9.15. The molecule has 1 aliphatic rings. The first-order chi connectivity index (χ1) is 13.1. The number of carbonyl (C=O) groups is 2. The smallest absolute Gasteiger partial charge is 0.325 e. The van der Waals surface area contributed by atoms with Gasteiger partial charge < -0.3 is 10.1 Å². The first-order valence-corrected chi connectivity index (χ1v) is 9.52. The molecule has 2 aromatic carbocycles. The number of carbonyl (C=O) groups excluding carboxylic acids is 2. The van der Waals surface area contributed by atoms with Crippen LogP contribution in [0.25, 0.3) is 0 Å². The molecule has 142 valence electrons. The van der Waals surface area contributed by atoms with Gasteiger partial charge in [0.25, 0.3) is 5.91 Å². The van der Waals surface area contributed by atoms with Crippen molar-refractivity contribution in [1.82, 2.24) is 10.2 Å². The summed E-state index contributed by atoms with van der Waals surface area (Å²) in [6, 6.07) is 16.2. The van der Waals surface area contributed by atoms with E-state index >= 15 is 0 Å². The number of ether oxygens (including phenoxy) is 1. The zero-order chi connectivity index (χ0) is 19.3. The summed E-state index contributed by atoms with van der Waals surface area (Å²) < 4.78 is 5.65. The van der Waals surface area contributed by atoms with Crippen molar-refractivity contribution in [3.63, 3.8) is 0 Å². The molecule has 1 atom stereocenters. The minimum absolute atomic E-state index is 0.188. The highest BCUT2D eigenvalue weighted by Gasteiger charge is 2.51. The van der Waals surface area contributed by atoms with Crippen molar-refractivity contribution in [2.45, 2.75) is 31.7 Å². The molecule has 0 spiro atoms. The van der Waals surface area contributed by atoms with Crippen LogP contribution in [0.2, 0.25) is 5.02 Å². The first kappa shape index (κ1) is 19.2. The zero-order valence-electron chi connectivity index (χ0n) is 15.3. The van der Waals surface area contributed by atoms with Gasteiger partial charge in [0.2, 0.25) is 0 Å². The maximum Gasteiger partial charge on any atom is 0.325 e. The molecule has 1 fully saturated rings. The van der Waals surface area contributed by atoms with Gasteiger partial charge in [-0.3, -0.25) is 9.69 Å². The Kier molecular flexibility index (Phi) is 6.01. The normalized spacial score (nSPS) is 19.3. The van der Waals surface area contributed by atoms with Gasteiger partial charge in [-0.05, 0) is 42.7 Å². The Morgan fingerprint density at radius 1 is 1.07 bits per heavy atom. The Balaban J connectivity index is 1.63. The Hall–Kier alpha value is -2.53. The van der Waals surface area contributed by atoms with Gasteiger partial charge in [-0.2, -0.15) is 0 Å².